The summed E-state index contributed by atoms with van der Waals surface area (Å²) in [4.78, 5) is 30.0. The Bertz CT molecular complexity index is 1010. The van der Waals surface area contributed by atoms with E-state index in [4.69, 9.17) is 0 Å². The smallest absolute Gasteiger partial charge is 0.323 e. The van der Waals surface area contributed by atoms with Gasteiger partial charge in [0.2, 0.25) is 0 Å². The second kappa shape index (κ2) is 8.25. The molecule has 1 N–H and O–H groups in total. The van der Waals surface area contributed by atoms with Crippen LogP contribution in [0.25, 0.3) is 11.0 Å². The molecule has 3 rings (SSSR count). The highest BCUT2D eigenvalue weighted by atomic mass is 16.4. The Morgan fingerprint density at radius 3 is 2.64 bits per heavy atom. The van der Waals surface area contributed by atoms with E-state index in [9.17, 15) is 14.7 Å². The van der Waals surface area contributed by atoms with Gasteiger partial charge in [0.05, 0.1) is 17.4 Å². The van der Waals surface area contributed by atoms with Crippen molar-refractivity contribution < 1.29 is 14.7 Å². The van der Waals surface area contributed by atoms with Gasteiger partial charge >= 0.3 is 5.97 Å². The number of carbonyl (C=O) groups is 2. The number of imidazole rings is 1. The van der Waals surface area contributed by atoms with E-state index in [1.54, 1.807) is 18.5 Å². The molecule has 2 aromatic carbocycles. The lowest BCUT2D eigenvalue weighted by atomic mass is 10.1. The number of aliphatic carboxylic acids is 1. The van der Waals surface area contributed by atoms with Gasteiger partial charge in [-0.2, -0.15) is 0 Å². The number of rotatable bonds is 7. The molecule has 1 amide bonds. The summed E-state index contributed by atoms with van der Waals surface area (Å²) in [5, 5.41) is 9.25. The summed E-state index contributed by atoms with van der Waals surface area (Å²) in [6.07, 6.45) is 2.36. The highest BCUT2D eigenvalue weighted by molar-refractivity contribution is 5.98. The number of carboxylic acids is 1. The van der Waals surface area contributed by atoms with Crippen LogP contribution in [-0.4, -0.2) is 44.5 Å². The van der Waals surface area contributed by atoms with E-state index >= 15 is 0 Å². The molecule has 0 saturated heterocycles. The summed E-state index contributed by atoms with van der Waals surface area (Å²) in [6.45, 7) is 6.16. The van der Waals surface area contributed by atoms with Gasteiger partial charge in [0.1, 0.15) is 6.54 Å². The standard InChI is InChI=1S/C22H25N3O3/c1-15(2)25-14-23-19-12-18(7-8-20(19)25)22(28)24(13-21(26)27)10-9-17-6-4-5-16(3)11-17/h4-8,11-12,14-15H,9-10,13H2,1-3H3,(H,26,27). The average molecular weight is 379 g/mol. The van der Waals surface area contributed by atoms with Crippen LogP contribution in [0.4, 0.5) is 0 Å². The van der Waals surface area contributed by atoms with Gasteiger partial charge in [0, 0.05) is 18.2 Å². The van der Waals surface area contributed by atoms with E-state index < -0.39 is 5.97 Å². The predicted octanol–water partition coefficient (Wildman–Crippen LogP) is 3.70. The fourth-order valence-electron chi connectivity index (χ4n) is 3.31. The molecule has 0 aliphatic rings. The highest BCUT2D eigenvalue weighted by Gasteiger charge is 2.19. The van der Waals surface area contributed by atoms with Crippen LogP contribution in [0.3, 0.4) is 0 Å². The maximum atomic E-state index is 13.0. The van der Waals surface area contributed by atoms with E-state index in [1.807, 2.05) is 41.8 Å². The number of hydrogen-bond acceptors (Lipinski definition) is 3. The topological polar surface area (TPSA) is 75.4 Å². The molecule has 6 nitrogen and oxygen atoms in total. The predicted molar refractivity (Wildman–Crippen MR) is 109 cm³/mol. The molecular formula is C22H25N3O3. The summed E-state index contributed by atoms with van der Waals surface area (Å²) in [5.74, 6) is -1.32. The maximum absolute atomic E-state index is 13.0. The zero-order valence-electron chi connectivity index (χ0n) is 16.4. The Morgan fingerprint density at radius 1 is 1.18 bits per heavy atom. The van der Waals surface area contributed by atoms with Crippen molar-refractivity contribution >= 4 is 22.9 Å². The fraction of sp³-hybridized carbons (Fsp3) is 0.318. The second-order valence-corrected chi connectivity index (χ2v) is 7.31. The Labute approximate surface area is 164 Å². The Balaban J connectivity index is 1.82. The van der Waals surface area contributed by atoms with Gasteiger partial charge in [-0.15, -0.1) is 0 Å². The van der Waals surface area contributed by atoms with Crippen LogP contribution < -0.4 is 0 Å². The zero-order valence-corrected chi connectivity index (χ0v) is 16.4. The number of nitrogens with zero attached hydrogens (tertiary/aromatic N) is 3. The van der Waals surface area contributed by atoms with E-state index in [2.05, 4.69) is 18.8 Å². The van der Waals surface area contributed by atoms with Crippen molar-refractivity contribution in [1.29, 1.82) is 0 Å². The number of aryl methyl sites for hydroxylation is 1. The third-order valence-corrected chi connectivity index (χ3v) is 4.74. The molecule has 0 fully saturated rings. The van der Waals surface area contributed by atoms with Crippen molar-refractivity contribution in [2.45, 2.75) is 33.2 Å². The van der Waals surface area contributed by atoms with Crippen molar-refractivity contribution in [2.24, 2.45) is 0 Å². The van der Waals surface area contributed by atoms with E-state index in [0.29, 0.717) is 18.5 Å². The van der Waals surface area contributed by atoms with Crippen LogP contribution in [0.15, 0.2) is 48.8 Å². The molecule has 28 heavy (non-hydrogen) atoms. The molecule has 146 valence electrons. The Kier molecular flexibility index (Phi) is 5.78. The van der Waals surface area contributed by atoms with Crippen LogP contribution in [-0.2, 0) is 11.2 Å². The minimum Gasteiger partial charge on any atom is -0.480 e. The van der Waals surface area contributed by atoms with Crippen LogP contribution >= 0.6 is 0 Å². The van der Waals surface area contributed by atoms with Gasteiger partial charge in [-0.05, 0) is 51.0 Å². The molecule has 6 heteroatoms. The normalized spacial score (nSPS) is 11.1. The van der Waals surface area contributed by atoms with Gasteiger partial charge in [0.25, 0.3) is 5.91 Å². The van der Waals surface area contributed by atoms with Gasteiger partial charge < -0.3 is 14.6 Å². The largest absolute Gasteiger partial charge is 0.480 e. The van der Waals surface area contributed by atoms with E-state index in [-0.39, 0.29) is 18.5 Å². The second-order valence-electron chi connectivity index (χ2n) is 7.31. The van der Waals surface area contributed by atoms with Gasteiger partial charge in [-0.25, -0.2) is 4.98 Å². The molecule has 0 bridgehead atoms. The minimum absolute atomic E-state index is 0.268. The van der Waals surface area contributed by atoms with Crippen molar-refractivity contribution in [2.75, 3.05) is 13.1 Å². The first-order valence-corrected chi connectivity index (χ1v) is 9.38. The molecule has 0 spiro atoms. The molecule has 0 aliphatic heterocycles. The molecule has 0 radical (unpaired) electrons. The van der Waals surface area contributed by atoms with Crippen LogP contribution in [0, 0.1) is 6.92 Å². The molecular weight excluding hydrogens is 354 g/mol. The lowest BCUT2D eigenvalue weighted by Crippen LogP contribution is -2.37. The van der Waals surface area contributed by atoms with Crippen molar-refractivity contribution in [3.05, 3.63) is 65.5 Å². The van der Waals surface area contributed by atoms with Crippen molar-refractivity contribution in [3.63, 3.8) is 0 Å². The number of aromatic nitrogens is 2. The van der Waals surface area contributed by atoms with Crippen molar-refractivity contribution in [3.8, 4) is 0 Å². The highest BCUT2D eigenvalue weighted by Crippen LogP contribution is 2.20. The molecule has 0 saturated carbocycles. The van der Waals surface area contributed by atoms with E-state index in [0.717, 1.165) is 22.2 Å². The molecule has 1 heterocycles. The zero-order chi connectivity index (χ0) is 20.3. The van der Waals surface area contributed by atoms with Crippen LogP contribution in [0.2, 0.25) is 0 Å². The first kappa shape index (κ1) is 19.6. The molecule has 0 aliphatic carbocycles. The monoisotopic (exact) mass is 379 g/mol. The van der Waals surface area contributed by atoms with Gasteiger partial charge in [0.15, 0.2) is 0 Å². The third kappa shape index (κ3) is 4.39. The van der Waals surface area contributed by atoms with Crippen LogP contribution in [0.5, 0.6) is 0 Å². The van der Waals surface area contributed by atoms with Gasteiger partial charge in [-0.1, -0.05) is 29.8 Å². The van der Waals surface area contributed by atoms with E-state index in [1.165, 1.54) is 4.90 Å². The van der Waals surface area contributed by atoms with Crippen LogP contribution in [0.1, 0.15) is 41.4 Å². The number of hydrogen-bond donors (Lipinski definition) is 1. The minimum atomic E-state index is -1.03. The lowest BCUT2D eigenvalue weighted by molar-refractivity contribution is -0.137. The molecule has 1 aromatic heterocycles. The average Bonchev–Trinajstić information content (AvgIpc) is 3.07. The van der Waals surface area contributed by atoms with Crippen molar-refractivity contribution in [1.82, 2.24) is 14.5 Å². The molecule has 0 atom stereocenters. The summed E-state index contributed by atoms with van der Waals surface area (Å²) < 4.78 is 2.04. The SMILES string of the molecule is Cc1cccc(CCN(CC(=O)O)C(=O)c2ccc3c(c2)ncn3C(C)C)c1. The number of fused-ring (bicyclic) bond motifs is 1. The maximum Gasteiger partial charge on any atom is 0.323 e. The first-order chi connectivity index (χ1) is 13.3. The summed E-state index contributed by atoms with van der Waals surface area (Å²) >= 11 is 0. The number of carboxylic acid groups (broad SMARTS) is 1. The number of carbonyl (C=O) groups excluding carboxylic acids is 1. The number of amides is 1. The molecule has 0 unspecified atom stereocenters. The lowest BCUT2D eigenvalue weighted by Gasteiger charge is -2.21. The number of benzene rings is 2. The summed E-state index contributed by atoms with van der Waals surface area (Å²) in [6, 6.07) is 13.6. The Morgan fingerprint density at radius 2 is 1.96 bits per heavy atom. The third-order valence-electron chi connectivity index (χ3n) is 4.74. The fourth-order valence-corrected chi connectivity index (χ4v) is 3.31. The quantitative estimate of drug-likeness (QED) is 0.679. The first-order valence-electron chi connectivity index (χ1n) is 9.38. The summed E-state index contributed by atoms with van der Waals surface area (Å²) in [7, 11) is 0. The molecule has 3 aromatic rings. The Hall–Kier alpha value is -3.15. The van der Waals surface area contributed by atoms with Gasteiger partial charge in [-0.3, -0.25) is 9.59 Å². The summed E-state index contributed by atoms with van der Waals surface area (Å²) in [5.41, 5.74) is 4.35.